The molecule has 0 fully saturated rings. The molecule has 0 bridgehead atoms. The summed E-state index contributed by atoms with van der Waals surface area (Å²) in [6.45, 7) is 0. The Labute approximate surface area is 227 Å². The van der Waals surface area contributed by atoms with E-state index in [0.717, 1.165) is 38.7 Å². The number of H-pyrrole nitrogens is 2. The molecule has 0 saturated heterocycles. The van der Waals surface area contributed by atoms with Gasteiger partial charge in [0.15, 0.2) is 0 Å². The van der Waals surface area contributed by atoms with Crippen molar-refractivity contribution in [2.45, 2.75) is 0 Å². The molecule has 0 unspecified atom stereocenters. The van der Waals surface area contributed by atoms with E-state index in [1.54, 1.807) is 49.1 Å². The number of aromatic nitrogens is 6. The molecule has 5 heterocycles. The minimum Gasteiger partial charge on any atom is -0.338 e. The van der Waals surface area contributed by atoms with Crippen molar-refractivity contribution in [3.05, 3.63) is 115 Å². The molecule has 40 heavy (non-hydrogen) atoms. The molecular formula is C31H20FN7O. The quantitative estimate of drug-likeness (QED) is 0.234. The molecule has 1 amide bonds. The molecule has 8 nitrogen and oxygen atoms in total. The summed E-state index contributed by atoms with van der Waals surface area (Å²) < 4.78 is 13.5. The molecule has 2 aromatic carbocycles. The number of fused-ring (bicyclic) bond motifs is 2. The SMILES string of the molecule is O=C(Nc1cncc(-c2cc3c(-c4cc5c(-c6ccc(F)cc6)ccnc5[nH]4)n[nH]c3cn2)c1)c1ccccc1. The number of aromatic amines is 2. The van der Waals surface area contributed by atoms with E-state index < -0.39 is 0 Å². The van der Waals surface area contributed by atoms with Crippen molar-refractivity contribution in [3.8, 4) is 33.8 Å². The molecular weight excluding hydrogens is 505 g/mol. The molecule has 0 aliphatic carbocycles. The number of nitrogens with one attached hydrogen (secondary N) is 3. The summed E-state index contributed by atoms with van der Waals surface area (Å²) in [7, 11) is 0. The molecule has 0 aliphatic heterocycles. The fraction of sp³-hybridized carbons (Fsp3) is 0. The normalized spacial score (nSPS) is 11.2. The fourth-order valence-electron chi connectivity index (χ4n) is 4.76. The predicted molar refractivity (Wildman–Crippen MR) is 152 cm³/mol. The average molecular weight is 526 g/mol. The van der Waals surface area contributed by atoms with E-state index in [9.17, 15) is 9.18 Å². The van der Waals surface area contributed by atoms with Crippen LogP contribution in [0.1, 0.15) is 10.4 Å². The number of benzene rings is 2. The lowest BCUT2D eigenvalue weighted by molar-refractivity contribution is 0.102. The van der Waals surface area contributed by atoms with Gasteiger partial charge in [-0.3, -0.25) is 19.9 Å². The van der Waals surface area contributed by atoms with Crippen LogP contribution in [0.4, 0.5) is 10.1 Å². The maximum Gasteiger partial charge on any atom is 0.255 e. The molecule has 0 spiro atoms. The summed E-state index contributed by atoms with van der Waals surface area (Å²) >= 11 is 0. The lowest BCUT2D eigenvalue weighted by atomic mass is 10.0. The van der Waals surface area contributed by atoms with Crippen LogP contribution in [0.3, 0.4) is 0 Å². The highest BCUT2D eigenvalue weighted by Crippen LogP contribution is 2.34. The van der Waals surface area contributed by atoms with Crippen molar-refractivity contribution in [2.75, 3.05) is 5.32 Å². The molecule has 0 aliphatic rings. The van der Waals surface area contributed by atoms with Gasteiger partial charge in [-0.2, -0.15) is 5.10 Å². The first-order valence-corrected chi connectivity index (χ1v) is 12.5. The van der Waals surface area contributed by atoms with Crippen LogP contribution in [0.2, 0.25) is 0 Å². The van der Waals surface area contributed by atoms with Crippen LogP contribution in [0.15, 0.2) is 104 Å². The summed E-state index contributed by atoms with van der Waals surface area (Å²) in [5.74, 6) is -0.497. The Morgan fingerprint density at radius 2 is 1.68 bits per heavy atom. The highest BCUT2D eigenvalue weighted by molar-refractivity contribution is 6.04. The molecule has 3 N–H and O–H groups in total. The van der Waals surface area contributed by atoms with Crippen LogP contribution < -0.4 is 5.32 Å². The van der Waals surface area contributed by atoms with Gasteiger partial charge in [0.1, 0.15) is 17.2 Å². The predicted octanol–water partition coefficient (Wildman–Crippen LogP) is 6.62. The molecule has 7 aromatic rings. The number of carbonyl (C=O) groups is 1. The summed E-state index contributed by atoms with van der Waals surface area (Å²) in [6, 6.07) is 23.1. The molecule has 9 heteroatoms. The van der Waals surface area contributed by atoms with E-state index in [0.29, 0.717) is 28.3 Å². The van der Waals surface area contributed by atoms with Gasteiger partial charge in [0, 0.05) is 34.3 Å². The fourth-order valence-corrected chi connectivity index (χ4v) is 4.76. The average Bonchev–Trinajstić information content (AvgIpc) is 3.62. The number of pyridine rings is 3. The van der Waals surface area contributed by atoms with Gasteiger partial charge < -0.3 is 10.3 Å². The van der Waals surface area contributed by atoms with E-state index in [4.69, 9.17) is 0 Å². The third-order valence-electron chi connectivity index (χ3n) is 6.72. The maximum absolute atomic E-state index is 13.5. The van der Waals surface area contributed by atoms with Crippen molar-refractivity contribution in [1.29, 1.82) is 0 Å². The Balaban J connectivity index is 1.25. The zero-order valence-corrected chi connectivity index (χ0v) is 20.9. The van der Waals surface area contributed by atoms with Crippen molar-refractivity contribution >= 4 is 33.5 Å². The summed E-state index contributed by atoms with van der Waals surface area (Å²) in [4.78, 5) is 29.4. The van der Waals surface area contributed by atoms with E-state index in [1.165, 1.54) is 12.1 Å². The monoisotopic (exact) mass is 525 g/mol. The molecule has 0 radical (unpaired) electrons. The summed E-state index contributed by atoms with van der Waals surface area (Å²) in [5.41, 5.74) is 7.35. The Kier molecular flexibility index (Phi) is 5.59. The molecule has 192 valence electrons. The van der Waals surface area contributed by atoms with Gasteiger partial charge in [0.25, 0.3) is 5.91 Å². The van der Waals surface area contributed by atoms with Crippen LogP contribution in [-0.4, -0.2) is 36.0 Å². The third-order valence-corrected chi connectivity index (χ3v) is 6.72. The number of anilines is 1. The van der Waals surface area contributed by atoms with Gasteiger partial charge in [-0.1, -0.05) is 30.3 Å². The van der Waals surface area contributed by atoms with Gasteiger partial charge in [0.05, 0.1) is 35.0 Å². The lowest BCUT2D eigenvalue weighted by Crippen LogP contribution is -2.11. The van der Waals surface area contributed by atoms with Gasteiger partial charge >= 0.3 is 0 Å². The van der Waals surface area contributed by atoms with E-state index in [2.05, 4.69) is 35.5 Å². The highest BCUT2D eigenvalue weighted by Gasteiger charge is 2.16. The minimum atomic E-state index is -0.282. The second-order valence-electron chi connectivity index (χ2n) is 9.28. The summed E-state index contributed by atoms with van der Waals surface area (Å²) in [6.07, 6.45) is 6.75. The Hall–Kier alpha value is -5.70. The Morgan fingerprint density at radius 3 is 2.52 bits per heavy atom. The van der Waals surface area contributed by atoms with Crippen LogP contribution in [-0.2, 0) is 0 Å². The maximum atomic E-state index is 13.5. The number of rotatable bonds is 5. The minimum absolute atomic E-state index is 0.215. The van der Waals surface area contributed by atoms with Crippen molar-refractivity contribution in [3.63, 3.8) is 0 Å². The number of hydrogen-bond donors (Lipinski definition) is 3. The number of amides is 1. The number of halogens is 1. The first-order chi connectivity index (χ1) is 19.6. The van der Waals surface area contributed by atoms with Gasteiger partial charge in [-0.15, -0.1) is 0 Å². The van der Waals surface area contributed by atoms with Crippen molar-refractivity contribution < 1.29 is 9.18 Å². The molecule has 7 rings (SSSR count). The van der Waals surface area contributed by atoms with Gasteiger partial charge in [0.2, 0.25) is 0 Å². The largest absolute Gasteiger partial charge is 0.338 e. The highest BCUT2D eigenvalue weighted by atomic mass is 19.1. The first kappa shape index (κ1) is 23.4. The smallest absolute Gasteiger partial charge is 0.255 e. The van der Waals surface area contributed by atoms with E-state index >= 15 is 0 Å². The van der Waals surface area contributed by atoms with Crippen molar-refractivity contribution in [1.82, 2.24) is 30.1 Å². The van der Waals surface area contributed by atoms with Crippen LogP contribution in [0, 0.1) is 5.82 Å². The lowest BCUT2D eigenvalue weighted by Gasteiger charge is -2.07. The second-order valence-corrected chi connectivity index (χ2v) is 9.28. The zero-order chi connectivity index (χ0) is 27.1. The number of nitrogens with zero attached hydrogens (tertiary/aromatic N) is 4. The standard InChI is InChI=1S/C31H20FN7O/c32-21-8-6-18(7-9-21)23-10-11-34-30-24(23)13-27(37-30)29-25-14-26(35-17-28(25)38-39-29)20-12-22(16-33-15-20)36-31(40)19-4-2-1-3-5-19/h1-17H,(H,34,37)(H,36,40)(H,38,39). The van der Waals surface area contributed by atoms with Crippen LogP contribution in [0.25, 0.3) is 55.7 Å². The van der Waals surface area contributed by atoms with Crippen molar-refractivity contribution in [2.24, 2.45) is 0 Å². The summed E-state index contributed by atoms with van der Waals surface area (Å²) in [5, 5.41) is 12.3. The Morgan fingerprint density at radius 1 is 0.825 bits per heavy atom. The van der Waals surface area contributed by atoms with E-state index in [1.807, 2.05) is 42.5 Å². The second kappa shape index (κ2) is 9.55. The topological polar surface area (TPSA) is 112 Å². The molecule has 0 atom stereocenters. The van der Waals surface area contributed by atoms with E-state index in [-0.39, 0.29) is 11.7 Å². The third kappa shape index (κ3) is 4.25. The number of carbonyl (C=O) groups excluding carboxylic acids is 1. The molecule has 5 aromatic heterocycles. The van der Waals surface area contributed by atoms with Gasteiger partial charge in [-0.05, 0) is 59.7 Å². The number of hydrogen-bond acceptors (Lipinski definition) is 5. The van der Waals surface area contributed by atoms with Gasteiger partial charge in [-0.25, -0.2) is 9.37 Å². The Bertz CT molecular complexity index is 2010. The van der Waals surface area contributed by atoms with Crippen LogP contribution >= 0.6 is 0 Å². The molecule has 0 saturated carbocycles. The first-order valence-electron chi connectivity index (χ1n) is 12.5. The van der Waals surface area contributed by atoms with Crippen LogP contribution in [0.5, 0.6) is 0 Å². The zero-order valence-electron chi connectivity index (χ0n) is 20.9.